The van der Waals surface area contributed by atoms with E-state index in [0.29, 0.717) is 12.8 Å². The van der Waals surface area contributed by atoms with Crippen molar-refractivity contribution in [2.75, 3.05) is 0 Å². The van der Waals surface area contributed by atoms with Crippen LogP contribution in [0.4, 0.5) is 0 Å². The van der Waals surface area contributed by atoms with E-state index in [-0.39, 0.29) is 4.90 Å². The van der Waals surface area contributed by atoms with E-state index in [0.717, 1.165) is 18.4 Å². The normalized spacial score (nSPS) is 12.6. The van der Waals surface area contributed by atoms with Crippen LogP contribution in [0.25, 0.3) is 0 Å². The Bertz CT molecular complexity index is 485. The third-order valence-corrected chi connectivity index (χ3v) is 5.03. The van der Waals surface area contributed by atoms with E-state index in [1.807, 2.05) is 32.9 Å². The van der Waals surface area contributed by atoms with Crippen LogP contribution in [0.2, 0.25) is 0 Å². The lowest BCUT2D eigenvalue weighted by molar-refractivity contribution is 0.0883. The van der Waals surface area contributed by atoms with E-state index in [4.69, 9.17) is 4.18 Å². The van der Waals surface area contributed by atoms with Gasteiger partial charge in [0.25, 0.3) is 10.1 Å². The first-order valence-electron chi connectivity index (χ1n) is 6.91. The van der Waals surface area contributed by atoms with Gasteiger partial charge in [-0.25, -0.2) is 0 Å². The monoisotopic (exact) mass is 284 g/mol. The molecule has 108 valence electrons. The molecule has 0 saturated heterocycles. The minimum Gasteiger partial charge on any atom is -0.260 e. The van der Waals surface area contributed by atoms with E-state index in [1.165, 1.54) is 0 Å². The Morgan fingerprint density at radius 3 is 2.00 bits per heavy atom. The van der Waals surface area contributed by atoms with Crippen LogP contribution >= 0.6 is 0 Å². The van der Waals surface area contributed by atoms with E-state index in [1.54, 1.807) is 12.1 Å². The molecule has 1 aromatic rings. The maximum atomic E-state index is 12.2. The van der Waals surface area contributed by atoms with Gasteiger partial charge in [-0.15, -0.1) is 0 Å². The van der Waals surface area contributed by atoms with Crippen LogP contribution in [-0.4, -0.2) is 14.0 Å². The SMILES string of the molecule is CCCc1ccc(S(=O)(=O)OC(C)(CC)CC)cc1. The number of hydrogen-bond donors (Lipinski definition) is 0. The zero-order valence-electron chi connectivity index (χ0n) is 12.3. The van der Waals surface area contributed by atoms with E-state index in [2.05, 4.69) is 6.92 Å². The summed E-state index contributed by atoms with van der Waals surface area (Å²) in [5.74, 6) is 0. The van der Waals surface area contributed by atoms with Crippen molar-refractivity contribution >= 4 is 10.1 Å². The van der Waals surface area contributed by atoms with Gasteiger partial charge >= 0.3 is 0 Å². The predicted molar refractivity (Wildman–Crippen MR) is 77.7 cm³/mol. The maximum absolute atomic E-state index is 12.2. The predicted octanol–water partition coefficient (Wildman–Crippen LogP) is 3.92. The van der Waals surface area contributed by atoms with Gasteiger partial charge in [-0.1, -0.05) is 39.3 Å². The molecule has 0 bridgehead atoms. The van der Waals surface area contributed by atoms with Gasteiger partial charge in [0.2, 0.25) is 0 Å². The van der Waals surface area contributed by atoms with Crippen LogP contribution in [0.3, 0.4) is 0 Å². The Morgan fingerprint density at radius 2 is 1.58 bits per heavy atom. The van der Waals surface area contributed by atoms with Gasteiger partial charge in [-0.3, -0.25) is 4.18 Å². The summed E-state index contributed by atoms with van der Waals surface area (Å²) in [5.41, 5.74) is 0.524. The molecule has 19 heavy (non-hydrogen) atoms. The quantitative estimate of drug-likeness (QED) is 0.713. The van der Waals surface area contributed by atoms with Crippen LogP contribution < -0.4 is 0 Å². The van der Waals surface area contributed by atoms with E-state index >= 15 is 0 Å². The highest BCUT2D eigenvalue weighted by Gasteiger charge is 2.29. The fourth-order valence-electron chi connectivity index (χ4n) is 1.79. The molecule has 0 N–H and O–H groups in total. The molecule has 0 radical (unpaired) electrons. The minimum atomic E-state index is -3.67. The topological polar surface area (TPSA) is 43.4 Å². The van der Waals surface area contributed by atoms with Gasteiger partial charge in [0.1, 0.15) is 0 Å². The Balaban J connectivity index is 2.94. The van der Waals surface area contributed by atoms with Crippen molar-refractivity contribution in [2.24, 2.45) is 0 Å². The number of hydrogen-bond acceptors (Lipinski definition) is 3. The summed E-state index contributed by atoms with van der Waals surface area (Å²) in [6.07, 6.45) is 3.34. The van der Waals surface area contributed by atoms with Crippen molar-refractivity contribution < 1.29 is 12.6 Å². The van der Waals surface area contributed by atoms with Crippen molar-refractivity contribution in [1.29, 1.82) is 0 Å². The summed E-state index contributed by atoms with van der Waals surface area (Å²) in [4.78, 5) is 0.237. The molecule has 0 aromatic heterocycles. The molecule has 4 heteroatoms. The van der Waals surface area contributed by atoms with Gasteiger partial charge < -0.3 is 0 Å². The summed E-state index contributed by atoms with van der Waals surface area (Å²) in [5, 5.41) is 0. The molecule has 0 atom stereocenters. The van der Waals surface area contributed by atoms with Gasteiger partial charge in [-0.05, 0) is 43.9 Å². The first-order valence-corrected chi connectivity index (χ1v) is 8.32. The van der Waals surface area contributed by atoms with Crippen molar-refractivity contribution in [2.45, 2.75) is 63.9 Å². The lowest BCUT2D eigenvalue weighted by Crippen LogP contribution is -2.30. The third kappa shape index (κ3) is 4.32. The highest BCUT2D eigenvalue weighted by Crippen LogP contribution is 2.26. The molecular weight excluding hydrogens is 260 g/mol. The van der Waals surface area contributed by atoms with Crippen LogP contribution in [-0.2, 0) is 20.7 Å². The van der Waals surface area contributed by atoms with Crippen molar-refractivity contribution in [3.8, 4) is 0 Å². The van der Waals surface area contributed by atoms with Crippen molar-refractivity contribution in [3.63, 3.8) is 0 Å². The molecule has 0 saturated carbocycles. The second kappa shape index (κ2) is 6.53. The summed E-state index contributed by atoms with van der Waals surface area (Å²) < 4.78 is 29.8. The first kappa shape index (κ1) is 16.2. The average Bonchev–Trinajstić information content (AvgIpc) is 2.39. The summed E-state index contributed by atoms with van der Waals surface area (Å²) in [7, 11) is -3.67. The summed E-state index contributed by atoms with van der Waals surface area (Å²) >= 11 is 0. The average molecular weight is 284 g/mol. The zero-order valence-corrected chi connectivity index (χ0v) is 13.1. The molecule has 1 rings (SSSR count). The molecule has 0 unspecified atom stereocenters. The molecule has 3 nitrogen and oxygen atoms in total. The number of rotatable bonds is 7. The highest BCUT2D eigenvalue weighted by molar-refractivity contribution is 7.86. The molecule has 0 aliphatic carbocycles. The number of aryl methyl sites for hydroxylation is 1. The smallest absolute Gasteiger partial charge is 0.260 e. The Kier molecular flexibility index (Phi) is 5.56. The van der Waals surface area contributed by atoms with E-state index < -0.39 is 15.7 Å². The van der Waals surface area contributed by atoms with Crippen molar-refractivity contribution in [1.82, 2.24) is 0 Å². The lowest BCUT2D eigenvalue weighted by Gasteiger charge is -2.26. The van der Waals surface area contributed by atoms with Crippen LogP contribution in [0.15, 0.2) is 29.2 Å². The van der Waals surface area contributed by atoms with E-state index in [9.17, 15) is 8.42 Å². The van der Waals surface area contributed by atoms with Crippen LogP contribution in [0.5, 0.6) is 0 Å². The largest absolute Gasteiger partial charge is 0.297 e. The van der Waals surface area contributed by atoms with Gasteiger partial charge in [0, 0.05) is 0 Å². The van der Waals surface area contributed by atoms with Gasteiger partial charge in [-0.2, -0.15) is 8.42 Å². The van der Waals surface area contributed by atoms with Crippen LogP contribution in [0, 0.1) is 0 Å². The minimum absolute atomic E-state index is 0.237. The van der Waals surface area contributed by atoms with Gasteiger partial charge in [0.05, 0.1) is 10.5 Å². The molecule has 0 aliphatic heterocycles. The standard InChI is InChI=1S/C15H24O3S/c1-5-8-13-9-11-14(12-10-13)19(16,17)18-15(4,6-2)7-3/h9-12H,5-8H2,1-4H3. The Hall–Kier alpha value is -0.870. The number of benzene rings is 1. The molecule has 0 fully saturated rings. The van der Waals surface area contributed by atoms with Crippen LogP contribution in [0.1, 0.15) is 52.5 Å². The highest BCUT2D eigenvalue weighted by atomic mass is 32.2. The summed E-state index contributed by atoms with van der Waals surface area (Å²) in [6, 6.07) is 6.97. The molecule has 0 aliphatic rings. The second-order valence-corrected chi connectivity index (χ2v) is 6.63. The summed E-state index contributed by atoms with van der Waals surface area (Å²) in [6.45, 7) is 7.80. The lowest BCUT2D eigenvalue weighted by atomic mass is 10.0. The zero-order chi connectivity index (χ0) is 14.5. The molecule has 1 aromatic carbocycles. The van der Waals surface area contributed by atoms with Crippen molar-refractivity contribution in [3.05, 3.63) is 29.8 Å². The Morgan fingerprint density at radius 1 is 1.05 bits per heavy atom. The maximum Gasteiger partial charge on any atom is 0.297 e. The molecule has 0 spiro atoms. The molecule has 0 heterocycles. The fourth-order valence-corrected chi connectivity index (χ4v) is 3.12. The Labute approximate surface area is 117 Å². The first-order chi connectivity index (χ1) is 8.87. The third-order valence-electron chi connectivity index (χ3n) is 3.56. The van der Waals surface area contributed by atoms with Gasteiger partial charge in [0.15, 0.2) is 0 Å². The fraction of sp³-hybridized carbons (Fsp3) is 0.600. The molecule has 0 amide bonds. The second-order valence-electron chi connectivity index (χ2n) is 5.09. The molecular formula is C15H24O3S.